The topological polar surface area (TPSA) is 68.5 Å². The zero-order valence-corrected chi connectivity index (χ0v) is 15.5. The summed E-state index contributed by atoms with van der Waals surface area (Å²) in [6.45, 7) is 0.535. The molecule has 0 radical (unpaired) electrons. The summed E-state index contributed by atoms with van der Waals surface area (Å²) in [5.74, 6) is 1.53. The van der Waals surface area contributed by atoms with E-state index in [4.69, 9.17) is 9.15 Å². The summed E-state index contributed by atoms with van der Waals surface area (Å²) in [6.07, 6.45) is 0. The number of ether oxygens (including phenoxy) is 1. The maximum atomic E-state index is 12.3. The van der Waals surface area contributed by atoms with E-state index in [1.165, 1.54) is 23.1 Å². The minimum absolute atomic E-state index is 0.00306. The first-order chi connectivity index (χ1) is 12.2. The van der Waals surface area contributed by atoms with Gasteiger partial charge in [0.15, 0.2) is 0 Å². The Bertz CT molecular complexity index is 816. The predicted octanol–water partition coefficient (Wildman–Crippen LogP) is 3.56. The molecule has 0 fully saturated rings. The van der Waals surface area contributed by atoms with Crippen LogP contribution in [0.25, 0.3) is 10.8 Å². The van der Waals surface area contributed by atoms with Gasteiger partial charge >= 0.3 is 0 Å². The Morgan fingerprint density at radius 2 is 2.08 bits per heavy atom. The predicted molar refractivity (Wildman–Crippen MR) is 97.8 cm³/mol. The van der Waals surface area contributed by atoms with Crippen molar-refractivity contribution in [3.05, 3.63) is 47.3 Å². The summed E-state index contributed by atoms with van der Waals surface area (Å²) >= 11 is 2.78. The molecule has 0 saturated carbocycles. The summed E-state index contributed by atoms with van der Waals surface area (Å²) in [5, 5.41) is 10.3. The van der Waals surface area contributed by atoms with Crippen molar-refractivity contribution in [1.29, 1.82) is 0 Å². The average molecular weight is 375 g/mol. The smallest absolute Gasteiger partial charge is 0.277 e. The second kappa shape index (κ2) is 8.17. The summed E-state index contributed by atoms with van der Waals surface area (Å²) in [6, 6.07) is 11.5. The van der Waals surface area contributed by atoms with Gasteiger partial charge in [-0.15, -0.1) is 21.5 Å². The van der Waals surface area contributed by atoms with Crippen LogP contribution in [0, 0.1) is 0 Å². The van der Waals surface area contributed by atoms with Crippen LogP contribution in [-0.2, 0) is 11.3 Å². The SMILES string of the molecule is COc1ccc(CN(C)C(=O)CSc2nnc(-c3cccs3)o2)cc1. The van der Waals surface area contributed by atoms with Gasteiger partial charge in [-0.1, -0.05) is 30.0 Å². The third-order valence-corrected chi connectivity index (χ3v) is 5.12. The molecule has 0 N–H and O–H groups in total. The highest BCUT2D eigenvalue weighted by molar-refractivity contribution is 7.99. The van der Waals surface area contributed by atoms with Crippen LogP contribution in [-0.4, -0.2) is 40.9 Å². The van der Waals surface area contributed by atoms with Crippen molar-refractivity contribution in [3.8, 4) is 16.5 Å². The Hall–Kier alpha value is -2.32. The highest BCUT2D eigenvalue weighted by atomic mass is 32.2. The maximum absolute atomic E-state index is 12.3. The summed E-state index contributed by atoms with van der Waals surface area (Å²) < 4.78 is 10.7. The number of carbonyl (C=O) groups is 1. The van der Waals surface area contributed by atoms with E-state index in [1.54, 1.807) is 19.1 Å². The Morgan fingerprint density at radius 1 is 1.28 bits per heavy atom. The van der Waals surface area contributed by atoms with Gasteiger partial charge in [-0.05, 0) is 29.1 Å². The van der Waals surface area contributed by atoms with Crippen molar-refractivity contribution < 1.29 is 13.9 Å². The van der Waals surface area contributed by atoms with E-state index in [-0.39, 0.29) is 11.7 Å². The Kier molecular flexibility index (Phi) is 5.72. The van der Waals surface area contributed by atoms with Crippen LogP contribution < -0.4 is 4.74 Å². The number of thiophene rings is 1. The summed E-state index contributed by atoms with van der Waals surface area (Å²) in [5.41, 5.74) is 1.04. The number of hydrogen-bond donors (Lipinski definition) is 0. The van der Waals surface area contributed by atoms with Gasteiger partial charge in [0.05, 0.1) is 17.7 Å². The molecule has 0 spiro atoms. The van der Waals surface area contributed by atoms with E-state index in [9.17, 15) is 4.79 Å². The quantitative estimate of drug-likeness (QED) is 0.588. The van der Waals surface area contributed by atoms with Crippen molar-refractivity contribution in [2.45, 2.75) is 11.8 Å². The van der Waals surface area contributed by atoms with Crippen molar-refractivity contribution in [2.24, 2.45) is 0 Å². The Morgan fingerprint density at radius 3 is 2.76 bits per heavy atom. The normalized spacial score (nSPS) is 10.6. The van der Waals surface area contributed by atoms with E-state index in [2.05, 4.69) is 10.2 Å². The van der Waals surface area contributed by atoms with E-state index in [1.807, 2.05) is 41.8 Å². The number of aromatic nitrogens is 2. The van der Waals surface area contributed by atoms with E-state index in [0.29, 0.717) is 17.7 Å². The fraction of sp³-hybridized carbons (Fsp3) is 0.235. The molecule has 8 heteroatoms. The zero-order chi connectivity index (χ0) is 17.6. The molecule has 0 saturated heterocycles. The van der Waals surface area contributed by atoms with Gasteiger partial charge in [0.2, 0.25) is 5.91 Å². The third kappa shape index (κ3) is 4.61. The molecule has 0 unspecified atom stereocenters. The molecule has 2 heterocycles. The van der Waals surface area contributed by atoms with Crippen LogP contribution in [0.15, 0.2) is 51.4 Å². The zero-order valence-electron chi connectivity index (χ0n) is 13.8. The number of methoxy groups -OCH3 is 1. The molecule has 25 heavy (non-hydrogen) atoms. The van der Waals surface area contributed by atoms with Crippen LogP contribution in [0.1, 0.15) is 5.56 Å². The number of carbonyl (C=O) groups excluding carboxylic acids is 1. The summed E-state index contributed by atoms with van der Waals surface area (Å²) in [7, 11) is 3.40. The van der Waals surface area contributed by atoms with Gasteiger partial charge < -0.3 is 14.1 Å². The van der Waals surface area contributed by atoms with E-state index < -0.39 is 0 Å². The lowest BCUT2D eigenvalue weighted by Crippen LogP contribution is -2.27. The lowest BCUT2D eigenvalue weighted by molar-refractivity contribution is -0.127. The molecule has 2 aromatic heterocycles. The third-order valence-electron chi connectivity index (χ3n) is 3.46. The average Bonchev–Trinajstić information content (AvgIpc) is 3.31. The molecule has 0 bridgehead atoms. The van der Waals surface area contributed by atoms with Gasteiger partial charge in [0, 0.05) is 13.6 Å². The number of thioether (sulfide) groups is 1. The van der Waals surface area contributed by atoms with E-state index in [0.717, 1.165) is 16.2 Å². The highest BCUT2D eigenvalue weighted by Gasteiger charge is 2.14. The Labute approximate surface area is 153 Å². The van der Waals surface area contributed by atoms with Crippen LogP contribution in [0.5, 0.6) is 5.75 Å². The second-order valence-corrected chi connectivity index (χ2v) is 7.11. The highest BCUT2D eigenvalue weighted by Crippen LogP contribution is 2.26. The van der Waals surface area contributed by atoms with Crippen LogP contribution in [0.4, 0.5) is 0 Å². The first kappa shape index (κ1) is 17.5. The van der Waals surface area contributed by atoms with E-state index >= 15 is 0 Å². The molecule has 130 valence electrons. The number of amides is 1. The van der Waals surface area contributed by atoms with Crippen molar-refractivity contribution in [2.75, 3.05) is 19.9 Å². The molecule has 3 rings (SSSR count). The molecule has 6 nitrogen and oxygen atoms in total. The first-order valence-electron chi connectivity index (χ1n) is 7.53. The lowest BCUT2D eigenvalue weighted by atomic mass is 10.2. The largest absolute Gasteiger partial charge is 0.497 e. The van der Waals surface area contributed by atoms with Gasteiger partial charge in [-0.3, -0.25) is 4.79 Å². The van der Waals surface area contributed by atoms with Crippen LogP contribution in [0.3, 0.4) is 0 Å². The monoisotopic (exact) mass is 375 g/mol. The molecule has 0 atom stereocenters. The molecular formula is C17H17N3O3S2. The maximum Gasteiger partial charge on any atom is 0.277 e. The van der Waals surface area contributed by atoms with Crippen LogP contribution >= 0.6 is 23.1 Å². The van der Waals surface area contributed by atoms with Gasteiger partial charge in [-0.25, -0.2) is 0 Å². The fourth-order valence-corrected chi connectivity index (χ4v) is 3.44. The summed E-state index contributed by atoms with van der Waals surface area (Å²) in [4.78, 5) is 14.9. The van der Waals surface area contributed by atoms with Gasteiger partial charge in [0.25, 0.3) is 11.1 Å². The molecular weight excluding hydrogens is 358 g/mol. The molecule has 0 aliphatic heterocycles. The number of rotatable bonds is 7. The standard InChI is InChI=1S/C17H17N3O3S2/c1-20(10-12-5-7-13(22-2)8-6-12)15(21)11-25-17-19-18-16(23-17)14-4-3-9-24-14/h3-9H,10-11H2,1-2H3. The number of hydrogen-bond acceptors (Lipinski definition) is 7. The molecule has 0 aliphatic rings. The van der Waals surface area contributed by atoms with Gasteiger partial charge in [-0.2, -0.15) is 0 Å². The molecule has 1 amide bonds. The minimum atomic E-state index is -0.00306. The molecule has 0 aliphatic carbocycles. The van der Waals surface area contributed by atoms with Crippen molar-refractivity contribution in [1.82, 2.24) is 15.1 Å². The van der Waals surface area contributed by atoms with Gasteiger partial charge in [0.1, 0.15) is 5.75 Å². The number of benzene rings is 1. The minimum Gasteiger partial charge on any atom is -0.497 e. The second-order valence-electron chi connectivity index (χ2n) is 5.24. The van der Waals surface area contributed by atoms with Crippen molar-refractivity contribution in [3.63, 3.8) is 0 Å². The number of nitrogens with zero attached hydrogens (tertiary/aromatic N) is 3. The first-order valence-corrected chi connectivity index (χ1v) is 9.39. The molecule has 3 aromatic rings. The molecule has 1 aromatic carbocycles. The van der Waals surface area contributed by atoms with Crippen LogP contribution in [0.2, 0.25) is 0 Å². The Balaban J connectivity index is 1.51. The lowest BCUT2D eigenvalue weighted by Gasteiger charge is -2.16. The van der Waals surface area contributed by atoms with Crippen molar-refractivity contribution >= 4 is 29.0 Å². The fourth-order valence-electron chi connectivity index (χ4n) is 2.09.